The number of phenolic OH excluding ortho intramolecular Hbond substituents is 1. The number of nitrogens with zero attached hydrogens (tertiary/aromatic N) is 1. The minimum absolute atomic E-state index is 0.00379. The molecule has 0 fully saturated rings. The molecule has 154 valence electrons. The van der Waals surface area contributed by atoms with Crippen LogP contribution in [0, 0.1) is 0 Å². The minimum atomic E-state index is -0.394. The van der Waals surface area contributed by atoms with E-state index in [9.17, 15) is 14.7 Å². The molecule has 0 saturated heterocycles. The molecule has 0 saturated carbocycles. The highest BCUT2D eigenvalue weighted by molar-refractivity contribution is 9.10. The molecule has 2 aromatic carbocycles. The molecule has 0 aliphatic heterocycles. The topological polar surface area (TPSA) is 109 Å². The number of aromatic hydroxyl groups is 1. The number of hydrazone groups is 1. The van der Waals surface area contributed by atoms with E-state index >= 15 is 0 Å². The number of ether oxygens (including phenoxy) is 2. The van der Waals surface area contributed by atoms with Crippen LogP contribution in [0.2, 0.25) is 0 Å². The van der Waals surface area contributed by atoms with Gasteiger partial charge in [0.15, 0.2) is 11.5 Å². The molecule has 0 radical (unpaired) electrons. The van der Waals surface area contributed by atoms with Crippen LogP contribution in [0.3, 0.4) is 0 Å². The van der Waals surface area contributed by atoms with Crippen LogP contribution in [0.5, 0.6) is 17.2 Å². The van der Waals surface area contributed by atoms with Gasteiger partial charge in [-0.3, -0.25) is 9.59 Å². The number of anilines is 1. The number of phenols is 1. The first-order valence-electron chi connectivity index (χ1n) is 8.84. The van der Waals surface area contributed by atoms with Gasteiger partial charge in [-0.1, -0.05) is 0 Å². The zero-order chi connectivity index (χ0) is 21.2. The van der Waals surface area contributed by atoms with Crippen LogP contribution in [0.4, 0.5) is 5.69 Å². The lowest BCUT2D eigenvalue weighted by Crippen LogP contribution is -2.20. The summed E-state index contributed by atoms with van der Waals surface area (Å²) in [5, 5.41) is 16.5. The number of carbonyl (C=O) groups is 2. The lowest BCUT2D eigenvalue weighted by Gasteiger charge is -2.08. The first-order chi connectivity index (χ1) is 13.9. The summed E-state index contributed by atoms with van der Waals surface area (Å²) in [6.45, 7) is 2.20. The van der Waals surface area contributed by atoms with Gasteiger partial charge in [-0.05, 0) is 64.8 Å². The molecule has 2 rings (SSSR count). The van der Waals surface area contributed by atoms with E-state index in [1.54, 1.807) is 50.4 Å². The fraction of sp³-hybridized carbons (Fsp3) is 0.250. The van der Waals surface area contributed by atoms with Crippen molar-refractivity contribution in [2.45, 2.75) is 19.8 Å². The lowest BCUT2D eigenvalue weighted by molar-refractivity contribution is -0.124. The molecule has 2 aromatic rings. The highest BCUT2D eigenvalue weighted by Gasteiger charge is 2.09. The van der Waals surface area contributed by atoms with Crippen LogP contribution in [0.15, 0.2) is 46.0 Å². The molecule has 9 heteroatoms. The van der Waals surface area contributed by atoms with Crippen molar-refractivity contribution in [3.8, 4) is 17.2 Å². The second kappa shape index (κ2) is 11.1. The highest BCUT2D eigenvalue weighted by atomic mass is 79.9. The molecule has 0 spiro atoms. The van der Waals surface area contributed by atoms with Gasteiger partial charge in [0.05, 0.1) is 24.4 Å². The van der Waals surface area contributed by atoms with Gasteiger partial charge in [0.2, 0.25) is 11.8 Å². The Bertz CT molecular complexity index is 884. The van der Waals surface area contributed by atoms with Crippen molar-refractivity contribution < 1.29 is 24.2 Å². The van der Waals surface area contributed by atoms with E-state index in [0.717, 1.165) is 0 Å². The summed E-state index contributed by atoms with van der Waals surface area (Å²) in [6, 6.07) is 10.1. The largest absolute Gasteiger partial charge is 0.503 e. The smallest absolute Gasteiger partial charge is 0.240 e. The van der Waals surface area contributed by atoms with Gasteiger partial charge < -0.3 is 19.9 Å². The average Bonchev–Trinajstić information content (AvgIpc) is 2.71. The Hall–Kier alpha value is -3.07. The molecule has 0 bridgehead atoms. The van der Waals surface area contributed by atoms with Crippen LogP contribution < -0.4 is 20.2 Å². The predicted octanol–water partition coefficient (Wildman–Crippen LogP) is 3.43. The normalized spacial score (nSPS) is 10.6. The van der Waals surface area contributed by atoms with Crippen molar-refractivity contribution in [2.75, 3.05) is 19.0 Å². The molecular weight excluding hydrogens is 442 g/mol. The molecule has 0 atom stereocenters. The standard InChI is InChI=1S/C20H22BrN3O5/c1-3-29-17-11-13(10-16(21)20(17)27)12-22-24-19(26)9-8-18(25)23-14-4-6-15(28-2)7-5-14/h4-7,10-12,27H,3,8-9H2,1-2H3,(H,23,25)(H,24,26). The van der Waals surface area contributed by atoms with Crippen molar-refractivity contribution in [1.29, 1.82) is 0 Å². The zero-order valence-electron chi connectivity index (χ0n) is 16.1. The molecule has 8 nitrogen and oxygen atoms in total. The van der Waals surface area contributed by atoms with Crippen LogP contribution in [-0.4, -0.2) is 36.9 Å². The van der Waals surface area contributed by atoms with Crippen molar-refractivity contribution in [3.05, 3.63) is 46.4 Å². The van der Waals surface area contributed by atoms with E-state index in [1.807, 2.05) is 0 Å². The SMILES string of the molecule is CCOc1cc(C=NNC(=O)CCC(=O)Nc2ccc(OC)cc2)cc(Br)c1O. The maximum absolute atomic E-state index is 11.9. The Kier molecular flexibility index (Phi) is 8.47. The lowest BCUT2D eigenvalue weighted by atomic mass is 10.2. The van der Waals surface area contributed by atoms with Gasteiger partial charge in [-0.25, -0.2) is 5.43 Å². The van der Waals surface area contributed by atoms with Gasteiger partial charge in [0.1, 0.15) is 5.75 Å². The van der Waals surface area contributed by atoms with E-state index in [4.69, 9.17) is 9.47 Å². The molecule has 0 aromatic heterocycles. The Morgan fingerprint density at radius 3 is 2.52 bits per heavy atom. The molecule has 29 heavy (non-hydrogen) atoms. The van der Waals surface area contributed by atoms with Crippen LogP contribution >= 0.6 is 15.9 Å². The van der Waals surface area contributed by atoms with Gasteiger partial charge >= 0.3 is 0 Å². The number of carbonyl (C=O) groups excluding carboxylic acids is 2. The number of methoxy groups -OCH3 is 1. The third-order valence-corrected chi connectivity index (χ3v) is 4.31. The van der Waals surface area contributed by atoms with Gasteiger partial charge in [-0.15, -0.1) is 0 Å². The monoisotopic (exact) mass is 463 g/mol. The van der Waals surface area contributed by atoms with Crippen LogP contribution in [-0.2, 0) is 9.59 Å². The molecule has 2 amide bonds. The maximum Gasteiger partial charge on any atom is 0.240 e. The highest BCUT2D eigenvalue weighted by Crippen LogP contribution is 2.35. The zero-order valence-corrected chi connectivity index (χ0v) is 17.7. The van der Waals surface area contributed by atoms with Gasteiger partial charge in [-0.2, -0.15) is 5.10 Å². The Morgan fingerprint density at radius 1 is 1.17 bits per heavy atom. The first kappa shape index (κ1) is 22.2. The van der Waals surface area contributed by atoms with Gasteiger partial charge in [0, 0.05) is 18.5 Å². The van der Waals surface area contributed by atoms with Crippen molar-refractivity contribution in [3.63, 3.8) is 0 Å². The summed E-state index contributed by atoms with van der Waals surface area (Å²) in [4.78, 5) is 23.8. The number of rotatable bonds is 9. The average molecular weight is 464 g/mol. The third-order valence-electron chi connectivity index (χ3n) is 3.71. The Morgan fingerprint density at radius 2 is 1.86 bits per heavy atom. The Labute approximate surface area is 177 Å². The van der Waals surface area contributed by atoms with E-state index in [2.05, 4.69) is 31.8 Å². The summed E-state index contributed by atoms with van der Waals surface area (Å²) in [6.07, 6.45) is 1.43. The number of hydrogen-bond acceptors (Lipinski definition) is 6. The summed E-state index contributed by atoms with van der Waals surface area (Å²) in [7, 11) is 1.56. The fourth-order valence-electron chi connectivity index (χ4n) is 2.29. The van der Waals surface area contributed by atoms with Crippen LogP contribution in [0.1, 0.15) is 25.3 Å². The second-order valence-corrected chi connectivity index (χ2v) is 6.71. The quantitative estimate of drug-likeness (QED) is 0.389. The molecule has 0 unspecified atom stereocenters. The molecular formula is C20H22BrN3O5. The van der Waals surface area contributed by atoms with Crippen molar-refractivity contribution >= 4 is 39.6 Å². The van der Waals surface area contributed by atoms with Crippen molar-refractivity contribution in [2.24, 2.45) is 5.10 Å². The number of hydrogen-bond donors (Lipinski definition) is 3. The molecule has 0 aliphatic carbocycles. The summed E-state index contributed by atoms with van der Waals surface area (Å²) in [5.41, 5.74) is 3.61. The number of benzene rings is 2. The summed E-state index contributed by atoms with van der Waals surface area (Å²) < 4.78 is 10.8. The fourth-order valence-corrected chi connectivity index (χ4v) is 2.75. The first-order valence-corrected chi connectivity index (χ1v) is 9.63. The van der Waals surface area contributed by atoms with E-state index in [1.165, 1.54) is 6.21 Å². The molecule has 3 N–H and O–H groups in total. The number of halogens is 1. The number of nitrogens with one attached hydrogen (secondary N) is 2. The second-order valence-electron chi connectivity index (χ2n) is 5.85. The Balaban J connectivity index is 1.81. The summed E-state index contributed by atoms with van der Waals surface area (Å²) >= 11 is 3.23. The van der Waals surface area contributed by atoms with E-state index in [-0.39, 0.29) is 24.5 Å². The third kappa shape index (κ3) is 7.11. The predicted molar refractivity (Wildman–Crippen MR) is 114 cm³/mol. The number of amides is 2. The molecule has 0 aliphatic rings. The van der Waals surface area contributed by atoms with E-state index < -0.39 is 5.91 Å². The summed E-state index contributed by atoms with van der Waals surface area (Å²) in [5.74, 6) is 0.321. The van der Waals surface area contributed by atoms with Gasteiger partial charge in [0.25, 0.3) is 0 Å². The minimum Gasteiger partial charge on any atom is -0.503 e. The van der Waals surface area contributed by atoms with Crippen LogP contribution in [0.25, 0.3) is 0 Å². The van der Waals surface area contributed by atoms with Crippen molar-refractivity contribution in [1.82, 2.24) is 5.43 Å². The molecule has 0 heterocycles. The maximum atomic E-state index is 11.9. The van der Waals surface area contributed by atoms with E-state index in [0.29, 0.717) is 33.8 Å².